The fourth-order valence-electron chi connectivity index (χ4n) is 1.84. The highest BCUT2D eigenvalue weighted by molar-refractivity contribution is 6.51. The molecule has 0 radical (unpaired) electrons. The Morgan fingerprint density at radius 3 is 2.17 bits per heavy atom. The Hall–Kier alpha value is 0.500. The molecule has 0 amide bonds. The summed E-state index contributed by atoms with van der Waals surface area (Å²) in [7, 11) is 0. The van der Waals surface area contributed by atoms with E-state index in [2.05, 4.69) is 6.92 Å². The minimum Gasteiger partial charge on any atom is -0.350 e. The summed E-state index contributed by atoms with van der Waals surface area (Å²) in [6.07, 6.45) is 1.51. The average molecular weight is 211 g/mol. The largest absolute Gasteiger partial charge is 0.350 e. The van der Waals surface area contributed by atoms with Crippen molar-refractivity contribution in [3.05, 3.63) is 0 Å². The number of hydrogen-bond acceptors (Lipinski definition) is 2. The Balaban J connectivity index is 2.09. The standard InChI is InChI=1S/C8H12Cl2O2/c1-2-7(5-8(7,9)10)6-11-3-4-12-6/h6H,2-5H2,1H3. The van der Waals surface area contributed by atoms with Crippen LogP contribution >= 0.6 is 23.2 Å². The van der Waals surface area contributed by atoms with E-state index in [1.54, 1.807) is 0 Å². The van der Waals surface area contributed by atoms with E-state index in [1.807, 2.05) is 0 Å². The van der Waals surface area contributed by atoms with E-state index in [0.29, 0.717) is 13.2 Å². The molecule has 1 saturated heterocycles. The fraction of sp³-hybridized carbons (Fsp3) is 1.00. The molecule has 0 spiro atoms. The lowest BCUT2D eigenvalue weighted by molar-refractivity contribution is -0.0962. The summed E-state index contributed by atoms with van der Waals surface area (Å²) in [6.45, 7) is 3.39. The summed E-state index contributed by atoms with van der Waals surface area (Å²) in [5, 5.41) is 0. The van der Waals surface area contributed by atoms with Crippen molar-refractivity contribution in [3.63, 3.8) is 0 Å². The number of ether oxygens (including phenoxy) is 2. The predicted molar refractivity (Wildman–Crippen MR) is 47.5 cm³/mol. The first kappa shape index (κ1) is 9.07. The molecular formula is C8H12Cl2O2. The maximum atomic E-state index is 6.05. The van der Waals surface area contributed by atoms with Crippen molar-refractivity contribution in [3.8, 4) is 0 Å². The van der Waals surface area contributed by atoms with Gasteiger partial charge in [-0.05, 0) is 12.8 Å². The highest BCUT2D eigenvalue weighted by Gasteiger charge is 2.70. The molecule has 2 nitrogen and oxygen atoms in total. The molecule has 2 fully saturated rings. The fourth-order valence-corrected chi connectivity index (χ4v) is 2.76. The molecule has 1 heterocycles. The molecule has 0 aromatic carbocycles. The molecule has 4 heteroatoms. The van der Waals surface area contributed by atoms with Crippen LogP contribution in [0.5, 0.6) is 0 Å². The van der Waals surface area contributed by atoms with Crippen LogP contribution in [0.15, 0.2) is 0 Å². The molecule has 1 aliphatic heterocycles. The van der Waals surface area contributed by atoms with Crippen LogP contribution in [0, 0.1) is 5.41 Å². The van der Waals surface area contributed by atoms with Gasteiger partial charge in [0.1, 0.15) is 4.33 Å². The van der Waals surface area contributed by atoms with Gasteiger partial charge in [0.25, 0.3) is 0 Å². The first-order chi connectivity index (χ1) is 5.62. The minimum absolute atomic E-state index is 0.146. The third-order valence-electron chi connectivity index (χ3n) is 2.84. The van der Waals surface area contributed by atoms with Crippen LogP contribution in [0.2, 0.25) is 0 Å². The number of hydrogen-bond donors (Lipinski definition) is 0. The lowest BCUT2D eigenvalue weighted by Crippen LogP contribution is -2.27. The van der Waals surface area contributed by atoms with Crippen LogP contribution in [0.1, 0.15) is 19.8 Å². The highest BCUT2D eigenvalue weighted by atomic mass is 35.5. The zero-order chi connectivity index (χ0) is 8.82. The van der Waals surface area contributed by atoms with Crippen molar-refractivity contribution in [2.24, 2.45) is 5.41 Å². The van der Waals surface area contributed by atoms with Gasteiger partial charge >= 0.3 is 0 Å². The molecule has 2 aliphatic rings. The van der Waals surface area contributed by atoms with Crippen molar-refractivity contribution in [2.75, 3.05) is 13.2 Å². The van der Waals surface area contributed by atoms with E-state index in [0.717, 1.165) is 12.8 Å². The van der Waals surface area contributed by atoms with Crippen LogP contribution in [0.4, 0.5) is 0 Å². The Labute approximate surface area is 82.1 Å². The molecule has 0 aromatic rings. The first-order valence-corrected chi connectivity index (χ1v) is 4.99. The van der Waals surface area contributed by atoms with Crippen LogP contribution in [0.3, 0.4) is 0 Å². The SMILES string of the molecule is CCC1(C2OCCO2)CC1(Cl)Cl. The molecule has 0 N–H and O–H groups in total. The van der Waals surface area contributed by atoms with Gasteiger partial charge in [0.2, 0.25) is 0 Å². The monoisotopic (exact) mass is 210 g/mol. The second kappa shape index (κ2) is 2.74. The van der Waals surface area contributed by atoms with E-state index in [9.17, 15) is 0 Å². The molecule has 1 atom stereocenters. The smallest absolute Gasteiger partial charge is 0.166 e. The normalized spacial score (nSPS) is 40.2. The maximum Gasteiger partial charge on any atom is 0.166 e. The number of alkyl halides is 2. The summed E-state index contributed by atoms with van der Waals surface area (Å²) in [5.41, 5.74) is -0.146. The van der Waals surface area contributed by atoms with Crippen molar-refractivity contribution in [1.29, 1.82) is 0 Å². The van der Waals surface area contributed by atoms with Gasteiger partial charge in [0, 0.05) is 0 Å². The summed E-state index contributed by atoms with van der Waals surface area (Å²) >= 11 is 12.1. The van der Waals surface area contributed by atoms with Gasteiger partial charge < -0.3 is 9.47 Å². The van der Waals surface area contributed by atoms with Crippen LogP contribution in [0.25, 0.3) is 0 Å². The third kappa shape index (κ3) is 1.09. The number of rotatable bonds is 2. The topological polar surface area (TPSA) is 18.5 Å². The predicted octanol–water partition coefficient (Wildman–Crippen LogP) is 2.33. The van der Waals surface area contributed by atoms with Gasteiger partial charge in [-0.15, -0.1) is 23.2 Å². The van der Waals surface area contributed by atoms with Crippen LogP contribution in [-0.4, -0.2) is 23.8 Å². The first-order valence-electron chi connectivity index (χ1n) is 4.23. The van der Waals surface area contributed by atoms with Gasteiger partial charge in [-0.1, -0.05) is 6.92 Å². The van der Waals surface area contributed by atoms with Crippen molar-refractivity contribution >= 4 is 23.2 Å². The Kier molecular flexibility index (Phi) is 2.07. The lowest BCUT2D eigenvalue weighted by Gasteiger charge is -2.21. The Morgan fingerprint density at radius 2 is 1.83 bits per heavy atom. The number of halogens is 2. The van der Waals surface area contributed by atoms with Crippen LogP contribution in [-0.2, 0) is 9.47 Å². The second-order valence-electron chi connectivity index (χ2n) is 3.46. The van der Waals surface area contributed by atoms with Crippen molar-refractivity contribution in [2.45, 2.75) is 30.4 Å². The van der Waals surface area contributed by atoms with E-state index in [1.165, 1.54) is 0 Å². The zero-order valence-electron chi connectivity index (χ0n) is 6.98. The van der Waals surface area contributed by atoms with Gasteiger partial charge in [-0.25, -0.2) is 0 Å². The van der Waals surface area contributed by atoms with E-state index < -0.39 is 4.33 Å². The minimum atomic E-state index is -0.628. The van der Waals surface area contributed by atoms with Gasteiger partial charge in [0.15, 0.2) is 6.29 Å². The maximum absolute atomic E-state index is 6.05. The molecule has 2 rings (SSSR count). The zero-order valence-corrected chi connectivity index (χ0v) is 8.49. The summed E-state index contributed by atoms with van der Waals surface area (Å²) in [6, 6.07) is 0. The summed E-state index contributed by atoms with van der Waals surface area (Å²) < 4.78 is 10.2. The molecular weight excluding hydrogens is 199 g/mol. The van der Waals surface area contributed by atoms with Crippen molar-refractivity contribution < 1.29 is 9.47 Å². The Bertz CT molecular complexity index is 189. The molecule has 70 valence electrons. The molecule has 0 bridgehead atoms. The summed E-state index contributed by atoms with van der Waals surface area (Å²) in [5.74, 6) is 0. The van der Waals surface area contributed by atoms with E-state index in [4.69, 9.17) is 32.7 Å². The molecule has 1 aliphatic carbocycles. The van der Waals surface area contributed by atoms with Gasteiger partial charge in [0.05, 0.1) is 18.6 Å². The van der Waals surface area contributed by atoms with Gasteiger partial charge in [-0.2, -0.15) is 0 Å². The van der Waals surface area contributed by atoms with E-state index >= 15 is 0 Å². The van der Waals surface area contributed by atoms with Gasteiger partial charge in [-0.3, -0.25) is 0 Å². The molecule has 1 unspecified atom stereocenters. The average Bonchev–Trinajstić information content (AvgIpc) is 2.52. The highest BCUT2D eigenvalue weighted by Crippen LogP contribution is 2.68. The molecule has 1 saturated carbocycles. The Morgan fingerprint density at radius 1 is 1.33 bits per heavy atom. The van der Waals surface area contributed by atoms with Crippen LogP contribution < -0.4 is 0 Å². The lowest BCUT2D eigenvalue weighted by atomic mass is 10.0. The molecule has 0 aromatic heterocycles. The quantitative estimate of drug-likeness (QED) is 0.652. The third-order valence-corrected chi connectivity index (χ3v) is 3.86. The summed E-state index contributed by atoms with van der Waals surface area (Å²) in [4.78, 5) is 0. The molecule has 12 heavy (non-hydrogen) atoms. The van der Waals surface area contributed by atoms with Crippen molar-refractivity contribution in [1.82, 2.24) is 0 Å². The second-order valence-corrected chi connectivity index (χ2v) is 4.95. The van der Waals surface area contributed by atoms with E-state index in [-0.39, 0.29) is 11.7 Å².